The summed E-state index contributed by atoms with van der Waals surface area (Å²) in [6, 6.07) is 18.7. The molecule has 6 heteroatoms. The van der Waals surface area contributed by atoms with Crippen LogP contribution in [0.2, 0.25) is 0 Å². The van der Waals surface area contributed by atoms with Gasteiger partial charge in [0.05, 0.1) is 11.7 Å². The molecule has 3 aromatic rings. The molecule has 0 aliphatic carbocycles. The van der Waals surface area contributed by atoms with E-state index in [0.29, 0.717) is 5.69 Å². The van der Waals surface area contributed by atoms with Crippen molar-refractivity contribution in [3.8, 4) is 0 Å². The van der Waals surface area contributed by atoms with Crippen LogP contribution in [-0.4, -0.2) is 18.2 Å². The van der Waals surface area contributed by atoms with Gasteiger partial charge in [-0.2, -0.15) is 9.82 Å². The van der Waals surface area contributed by atoms with Gasteiger partial charge in [0.2, 0.25) is 10.0 Å². The quantitative estimate of drug-likeness (QED) is 0.729. The number of nitrogens with zero attached hydrogens (tertiary/aromatic N) is 2. The molecule has 0 unspecified atom stereocenters. The van der Waals surface area contributed by atoms with Crippen molar-refractivity contribution >= 4 is 10.0 Å². The number of benzene rings is 2. The van der Waals surface area contributed by atoms with Crippen LogP contribution in [0.15, 0.2) is 71.8 Å². The van der Waals surface area contributed by atoms with Crippen LogP contribution in [0.25, 0.3) is 0 Å². The van der Waals surface area contributed by atoms with Gasteiger partial charge in [-0.15, -0.1) is 0 Å². The standard InChI is InChI=1S/C21H25N3O2S/c1-21(2,3)20-18(15-24(4)22-20)27(25,26)23-19(16-11-7-5-8-12-16)17-13-9-6-10-14-17/h5-15,19,23H,1-4H3. The number of sulfonamides is 1. The van der Waals surface area contributed by atoms with E-state index >= 15 is 0 Å². The van der Waals surface area contributed by atoms with Gasteiger partial charge in [-0.25, -0.2) is 8.42 Å². The smallest absolute Gasteiger partial charge is 0.244 e. The molecule has 0 atom stereocenters. The minimum Gasteiger partial charge on any atom is -0.274 e. The SMILES string of the molecule is Cn1cc(S(=O)(=O)NC(c2ccccc2)c2ccccc2)c(C(C)(C)C)n1. The molecule has 0 amide bonds. The Balaban J connectivity index is 2.07. The average molecular weight is 384 g/mol. The summed E-state index contributed by atoms with van der Waals surface area (Å²) >= 11 is 0. The summed E-state index contributed by atoms with van der Waals surface area (Å²) in [7, 11) is -2.05. The van der Waals surface area contributed by atoms with Gasteiger partial charge >= 0.3 is 0 Å². The molecule has 27 heavy (non-hydrogen) atoms. The molecule has 0 saturated heterocycles. The summed E-state index contributed by atoms with van der Waals surface area (Å²) in [4.78, 5) is 0.217. The summed E-state index contributed by atoms with van der Waals surface area (Å²) < 4.78 is 31.0. The van der Waals surface area contributed by atoms with Gasteiger partial charge in [-0.3, -0.25) is 4.68 Å². The van der Waals surface area contributed by atoms with Crippen molar-refractivity contribution in [1.29, 1.82) is 0 Å². The number of hydrogen-bond donors (Lipinski definition) is 1. The molecule has 0 spiro atoms. The van der Waals surface area contributed by atoms with Crippen LogP contribution in [0.4, 0.5) is 0 Å². The van der Waals surface area contributed by atoms with Gasteiger partial charge in [0.15, 0.2) is 0 Å². The predicted octanol–water partition coefficient (Wildman–Crippen LogP) is 3.79. The third-order valence-electron chi connectivity index (χ3n) is 4.33. The molecule has 1 N–H and O–H groups in total. The molecule has 3 rings (SSSR count). The molecule has 5 nitrogen and oxygen atoms in total. The van der Waals surface area contributed by atoms with Gasteiger partial charge < -0.3 is 0 Å². The fourth-order valence-corrected chi connectivity index (χ4v) is 4.62. The molecule has 1 aromatic heterocycles. The Morgan fingerprint density at radius 1 is 0.926 bits per heavy atom. The molecule has 142 valence electrons. The Labute approximate surface area is 161 Å². The fraction of sp³-hybridized carbons (Fsp3) is 0.286. The maximum atomic E-state index is 13.3. The van der Waals surface area contributed by atoms with E-state index in [1.54, 1.807) is 17.9 Å². The Morgan fingerprint density at radius 2 is 1.41 bits per heavy atom. The topological polar surface area (TPSA) is 64.0 Å². The largest absolute Gasteiger partial charge is 0.274 e. The van der Waals surface area contributed by atoms with E-state index in [-0.39, 0.29) is 10.3 Å². The zero-order valence-electron chi connectivity index (χ0n) is 16.0. The highest BCUT2D eigenvalue weighted by Crippen LogP contribution is 2.30. The summed E-state index contributed by atoms with van der Waals surface area (Å²) in [5.74, 6) is 0. The minimum absolute atomic E-state index is 0.217. The zero-order chi connectivity index (χ0) is 19.7. The van der Waals surface area contributed by atoms with Crippen LogP contribution in [0.5, 0.6) is 0 Å². The van der Waals surface area contributed by atoms with E-state index in [9.17, 15) is 8.42 Å². The fourth-order valence-electron chi connectivity index (χ4n) is 3.02. The Hall–Kier alpha value is -2.44. The van der Waals surface area contributed by atoms with E-state index in [4.69, 9.17) is 0 Å². The average Bonchev–Trinajstić information content (AvgIpc) is 3.05. The van der Waals surface area contributed by atoms with Crippen LogP contribution in [-0.2, 0) is 22.5 Å². The van der Waals surface area contributed by atoms with Crippen LogP contribution in [0.1, 0.15) is 43.6 Å². The van der Waals surface area contributed by atoms with E-state index in [1.165, 1.54) is 0 Å². The summed E-state index contributed by atoms with van der Waals surface area (Å²) in [5.41, 5.74) is 1.93. The van der Waals surface area contributed by atoms with Gasteiger partial charge in [0.25, 0.3) is 0 Å². The molecule has 0 radical (unpaired) electrons. The van der Waals surface area contributed by atoms with Crippen molar-refractivity contribution < 1.29 is 8.42 Å². The van der Waals surface area contributed by atoms with Gasteiger partial charge in [-0.05, 0) is 11.1 Å². The van der Waals surface area contributed by atoms with E-state index in [2.05, 4.69) is 9.82 Å². The van der Waals surface area contributed by atoms with Crippen molar-refractivity contribution in [2.45, 2.75) is 37.1 Å². The lowest BCUT2D eigenvalue weighted by atomic mass is 9.92. The molecule has 0 aliphatic rings. The Bertz CT molecular complexity index is 965. The van der Waals surface area contributed by atoms with E-state index in [0.717, 1.165) is 11.1 Å². The van der Waals surface area contributed by atoms with Gasteiger partial charge in [-0.1, -0.05) is 81.4 Å². The first kappa shape index (κ1) is 19.3. The lowest BCUT2D eigenvalue weighted by Gasteiger charge is -2.22. The summed E-state index contributed by atoms with van der Waals surface area (Å²) in [5, 5.41) is 4.40. The van der Waals surface area contributed by atoms with Crippen LogP contribution in [0, 0.1) is 0 Å². The van der Waals surface area contributed by atoms with Crippen molar-refractivity contribution in [2.75, 3.05) is 0 Å². The number of hydrogen-bond acceptors (Lipinski definition) is 3. The third-order valence-corrected chi connectivity index (χ3v) is 5.76. The van der Waals surface area contributed by atoms with Crippen molar-refractivity contribution in [3.05, 3.63) is 83.7 Å². The Morgan fingerprint density at radius 3 is 1.85 bits per heavy atom. The summed E-state index contributed by atoms with van der Waals surface area (Å²) in [6.07, 6.45) is 1.57. The van der Waals surface area contributed by atoms with Crippen LogP contribution in [0.3, 0.4) is 0 Å². The second-order valence-electron chi connectivity index (χ2n) is 7.64. The van der Waals surface area contributed by atoms with E-state index < -0.39 is 16.1 Å². The van der Waals surface area contributed by atoms with Crippen LogP contribution >= 0.6 is 0 Å². The van der Waals surface area contributed by atoms with Crippen molar-refractivity contribution in [2.24, 2.45) is 7.05 Å². The lowest BCUT2D eigenvalue weighted by molar-refractivity contribution is 0.533. The zero-order valence-corrected chi connectivity index (χ0v) is 16.9. The summed E-state index contributed by atoms with van der Waals surface area (Å²) in [6.45, 7) is 5.88. The van der Waals surface area contributed by atoms with E-state index in [1.807, 2.05) is 81.4 Å². The third kappa shape index (κ3) is 4.28. The molecule has 1 heterocycles. The molecule has 0 saturated carbocycles. The number of rotatable bonds is 5. The molecule has 0 bridgehead atoms. The molecular formula is C21H25N3O2S. The highest BCUT2D eigenvalue weighted by molar-refractivity contribution is 7.89. The molecule has 2 aromatic carbocycles. The Kier molecular flexibility index (Phi) is 5.22. The van der Waals surface area contributed by atoms with Crippen molar-refractivity contribution in [3.63, 3.8) is 0 Å². The number of aromatic nitrogens is 2. The maximum Gasteiger partial charge on any atom is 0.244 e. The van der Waals surface area contributed by atoms with Crippen LogP contribution < -0.4 is 4.72 Å². The van der Waals surface area contributed by atoms with Crippen molar-refractivity contribution in [1.82, 2.24) is 14.5 Å². The molecule has 0 aliphatic heterocycles. The second-order valence-corrected chi connectivity index (χ2v) is 9.32. The first-order valence-corrected chi connectivity index (χ1v) is 10.3. The first-order chi connectivity index (χ1) is 12.7. The maximum absolute atomic E-state index is 13.3. The minimum atomic E-state index is -3.78. The van der Waals surface area contributed by atoms with Gasteiger partial charge in [0, 0.05) is 18.7 Å². The normalized spacial score (nSPS) is 12.5. The molecule has 0 fully saturated rings. The predicted molar refractivity (Wildman–Crippen MR) is 107 cm³/mol. The first-order valence-electron chi connectivity index (χ1n) is 8.85. The highest BCUT2D eigenvalue weighted by Gasteiger charge is 2.31. The van der Waals surface area contributed by atoms with Gasteiger partial charge in [0.1, 0.15) is 4.90 Å². The number of nitrogens with one attached hydrogen (secondary N) is 1. The number of aryl methyl sites for hydroxylation is 1. The lowest BCUT2D eigenvalue weighted by Crippen LogP contribution is -2.31. The highest BCUT2D eigenvalue weighted by atomic mass is 32.2. The monoisotopic (exact) mass is 383 g/mol. The molecular weight excluding hydrogens is 358 g/mol. The second kappa shape index (κ2) is 7.29.